The number of likely N-dealkylation sites (N-methyl/N-ethyl adjacent to an activating group) is 1. The SMILES string of the molecule is Cc1cc(C)cc(C(=O)N(C)C[C@@H](CCN2CCC3(CC2)CC(=O)NC2C=CC=CC23)c2ccc(Cl)c(Cl)c2)c1. The first-order chi connectivity index (χ1) is 19.1. The minimum Gasteiger partial charge on any atom is -0.349 e. The number of rotatable bonds is 7. The molecule has 3 aliphatic rings. The molecule has 2 aliphatic heterocycles. The Labute approximate surface area is 248 Å². The Morgan fingerprint density at radius 2 is 1.75 bits per heavy atom. The highest BCUT2D eigenvalue weighted by Gasteiger charge is 2.48. The molecule has 3 atom stereocenters. The molecule has 0 aromatic heterocycles. The first-order valence-electron chi connectivity index (χ1n) is 14.3. The van der Waals surface area contributed by atoms with Gasteiger partial charge >= 0.3 is 0 Å². The predicted molar refractivity (Wildman–Crippen MR) is 163 cm³/mol. The number of halogens is 2. The van der Waals surface area contributed by atoms with Gasteiger partial charge in [0.1, 0.15) is 0 Å². The van der Waals surface area contributed by atoms with Crippen molar-refractivity contribution in [2.45, 2.75) is 51.5 Å². The molecule has 0 saturated carbocycles. The standard InChI is InChI=1S/C33H39Cl2N3O2/c1-22-16-23(2)18-26(17-22)32(40)37(3)21-25(24-8-9-28(34)29(35)19-24)10-13-38-14-11-33(12-15-38)20-31(39)36-30-7-5-4-6-27(30)33/h4-9,16-19,25,27,30H,10-15,20-21H2,1-3H3,(H,36,39)/t25-,27?,30?/m1/s1. The van der Waals surface area contributed by atoms with E-state index >= 15 is 0 Å². The number of hydrogen-bond donors (Lipinski definition) is 1. The van der Waals surface area contributed by atoms with Crippen LogP contribution in [0.4, 0.5) is 0 Å². The largest absolute Gasteiger partial charge is 0.349 e. The van der Waals surface area contributed by atoms with Gasteiger partial charge in [0.25, 0.3) is 5.91 Å². The maximum Gasteiger partial charge on any atom is 0.253 e. The normalized spacial score (nSPS) is 22.6. The van der Waals surface area contributed by atoms with E-state index in [0.717, 1.165) is 61.2 Å². The lowest BCUT2D eigenvalue weighted by molar-refractivity contribution is -0.130. The zero-order valence-corrected chi connectivity index (χ0v) is 25.1. The molecule has 2 aromatic rings. The molecule has 2 fully saturated rings. The molecule has 40 heavy (non-hydrogen) atoms. The van der Waals surface area contributed by atoms with Crippen LogP contribution in [0.15, 0.2) is 60.7 Å². The van der Waals surface area contributed by atoms with Crippen molar-refractivity contribution in [3.63, 3.8) is 0 Å². The zero-order chi connectivity index (χ0) is 28.4. The van der Waals surface area contributed by atoms with E-state index in [4.69, 9.17) is 23.2 Å². The van der Waals surface area contributed by atoms with Crippen LogP contribution in [-0.2, 0) is 4.79 Å². The molecular weight excluding hydrogens is 541 g/mol. The molecule has 1 aliphatic carbocycles. The van der Waals surface area contributed by atoms with Gasteiger partial charge in [-0.1, -0.05) is 70.8 Å². The third kappa shape index (κ3) is 6.32. The molecule has 0 radical (unpaired) electrons. The van der Waals surface area contributed by atoms with Gasteiger partial charge in [0.2, 0.25) is 5.91 Å². The highest BCUT2D eigenvalue weighted by Crippen LogP contribution is 2.47. The van der Waals surface area contributed by atoms with Crippen molar-refractivity contribution in [1.29, 1.82) is 0 Å². The van der Waals surface area contributed by atoms with E-state index in [2.05, 4.69) is 34.5 Å². The molecule has 5 nitrogen and oxygen atoms in total. The number of nitrogens with zero attached hydrogens (tertiary/aromatic N) is 2. The monoisotopic (exact) mass is 579 g/mol. The second-order valence-electron chi connectivity index (χ2n) is 12.0. The van der Waals surface area contributed by atoms with Crippen molar-refractivity contribution in [3.8, 4) is 0 Å². The lowest BCUT2D eigenvalue weighted by Gasteiger charge is -2.51. The lowest BCUT2D eigenvalue weighted by Crippen LogP contribution is -2.57. The number of likely N-dealkylation sites (tertiary alicyclic amines) is 1. The van der Waals surface area contributed by atoms with Crippen LogP contribution in [0, 0.1) is 25.2 Å². The number of piperidine rings is 2. The Kier molecular flexibility index (Phi) is 8.75. The predicted octanol–water partition coefficient (Wildman–Crippen LogP) is 6.57. The molecular formula is C33H39Cl2N3O2. The van der Waals surface area contributed by atoms with Crippen LogP contribution >= 0.6 is 23.2 Å². The fourth-order valence-electron chi connectivity index (χ4n) is 6.94. The molecule has 5 rings (SSSR count). The number of benzene rings is 2. The van der Waals surface area contributed by atoms with Gasteiger partial charge in [-0.05, 0) is 88.0 Å². The molecule has 7 heteroatoms. The molecule has 1 N–H and O–H groups in total. The fraction of sp³-hybridized carbons (Fsp3) is 0.455. The number of carbonyl (C=O) groups is 2. The van der Waals surface area contributed by atoms with E-state index in [1.165, 1.54) is 0 Å². The van der Waals surface area contributed by atoms with Crippen LogP contribution in [0.3, 0.4) is 0 Å². The summed E-state index contributed by atoms with van der Waals surface area (Å²) in [5.74, 6) is 0.676. The maximum absolute atomic E-state index is 13.4. The van der Waals surface area contributed by atoms with Crippen LogP contribution in [-0.4, -0.2) is 60.9 Å². The van der Waals surface area contributed by atoms with E-state index in [-0.39, 0.29) is 29.2 Å². The zero-order valence-electron chi connectivity index (χ0n) is 23.6. The van der Waals surface area contributed by atoms with Gasteiger partial charge in [0, 0.05) is 37.4 Å². The Hall–Kier alpha value is -2.60. The Morgan fingerprint density at radius 3 is 2.45 bits per heavy atom. The van der Waals surface area contributed by atoms with Crippen molar-refractivity contribution < 1.29 is 9.59 Å². The third-order valence-corrected chi connectivity index (χ3v) is 9.79. The minimum absolute atomic E-state index is 0.0245. The average Bonchev–Trinajstić information content (AvgIpc) is 2.92. The van der Waals surface area contributed by atoms with E-state index in [9.17, 15) is 9.59 Å². The van der Waals surface area contributed by atoms with Gasteiger partial charge < -0.3 is 15.1 Å². The summed E-state index contributed by atoms with van der Waals surface area (Å²) in [6.45, 7) is 7.49. The number of aryl methyl sites for hydroxylation is 2. The first-order valence-corrected chi connectivity index (χ1v) is 15.0. The summed E-state index contributed by atoms with van der Waals surface area (Å²) in [4.78, 5) is 30.3. The van der Waals surface area contributed by atoms with Gasteiger partial charge in [-0.15, -0.1) is 0 Å². The lowest BCUT2D eigenvalue weighted by atomic mass is 9.61. The summed E-state index contributed by atoms with van der Waals surface area (Å²) in [6, 6.07) is 11.9. The van der Waals surface area contributed by atoms with Crippen molar-refractivity contribution >= 4 is 35.0 Å². The second-order valence-corrected chi connectivity index (χ2v) is 12.8. The van der Waals surface area contributed by atoms with Gasteiger partial charge in [-0.3, -0.25) is 9.59 Å². The van der Waals surface area contributed by atoms with Gasteiger partial charge in [0.15, 0.2) is 0 Å². The molecule has 2 saturated heterocycles. The average molecular weight is 581 g/mol. The molecule has 212 valence electrons. The minimum atomic E-state index is 0.0245. The summed E-state index contributed by atoms with van der Waals surface area (Å²) >= 11 is 12.7. The number of nitrogens with one attached hydrogen (secondary N) is 1. The van der Waals surface area contributed by atoms with Crippen LogP contribution in [0.5, 0.6) is 0 Å². The Bertz CT molecular complexity index is 1310. The van der Waals surface area contributed by atoms with Crippen LogP contribution < -0.4 is 5.32 Å². The third-order valence-electron chi connectivity index (χ3n) is 9.05. The summed E-state index contributed by atoms with van der Waals surface area (Å²) in [7, 11) is 1.88. The molecule has 2 unspecified atom stereocenters. The second kappa shape index (κ2) is 12.1. The van der Waals surface area contributed by atoms with Crippen LogP contribution in [0.25, 0.3) is 0 Å². The maximum atomic E-state index is 13.4. The van der Waals surface area contributed by atoms with Crippen LogP contribution in [0.1, 0.15) is 58.6 Å². The fourth-order valence-corrected chi connectivity index (χ4v) is 7.24. The van der Waals surface area contributed by atoms with Crippen molar-refractivity contribution in [2.24, 2.45) is 11.3 Å². The summed E-state index contributed by atoms with van der Waals surface area (Å²) in [5, 5.41) is 4.24. The number of hydrogen-bond acceptors (Lipinski definition) is 3. The summed E-state index contributed by atoms with van der Waals surface area (Å²) in [6.07, 6.45) is 12.1. The molecule has 2 heterocycles. The van der Waals surface area contributed by atoms with Gasteiger partial charge in [-0.2, -0.15) is 0 Å². The smallest absolute Gasteiger partial charge is 0.253 e. The van der Waals surface area contributed by atoms with E-state index in [0.29, 0.717) is 28.9 Å². The first kappa shape index (κ1) is 28.9. The molecule has 2 amide bonds. The molecule has 0 bridgehead atoms. The topological polar surface area (TPSA) is 52.7 Å². The quantitative estimate of drug-likeness (QED) is 0.403. The van der Waals surface area contributed by atoms with E-state index < -0.39 is 0 Å². The number of amides is 2. The number of carbonyl (C=O) groups excluding carboxylic acids is 2. The Balaban J connectivity index is 1.26. The van der Waals surface area contributed by atoms with Crippen LogP contribution in [0.2, 0.25) is 10.0 Å². The van der Waals surface area contributed by atoms with E-state index in [1.807, 2.05) is 62.2 Å². The van der Waals surface area contributed by atoms with Gasteiger partial charge in [-0.25, -0.2) is 0 Å². The number of allylic oxidation sites excluding steroid dienone is 2. The summed E-state index contributed by atoms with van der Waals surface area (Å²) in [5.41, 5.74) is 4.01. The molecule has 1 spiro atoms. The van der Waals surface area contributed by atoms with Crippen molar-refractivity contribution in [1.82, 2.24) is 15.1 Å². The summed E-state index contributed by atoms with van der Waals surface area (Å²) < 4.78 is 0. The number of fused-ring (bicyclic) bond motifs is 2. The van der Waals surface area contributed by atoms with Crippen molar-refractivity contribution in [3.05, 3.63) is 93.0 Å². The molecule has 2 aromatic carbocycles. The highest BCUT2D eigenvalue weighted by molar-refractivity contribution is 6.42. The van der Waals surface area contributed by atoms with Crippen molar-refractivity contribution in [2.75, 3.05) is 33.2 Å². The van der Waals surface area contributed by atoms with E-state index in [1.54, 1.807) is 0 Å². The Morgan fingerprint density at radius 1 is 1.05 bits per heavy atom. The van der Waals surface area contributed by atoms with Gasteiger partial charge in [0.05, 0.1) is 16.1 Å². The highest BCUT2D eigenvalue weighted by atomic mass is 35.5.